The molecule has 0 spiro atoms. The van der Waals surface area contributed by atoms with E-state index in [2.05, 4.69) is 29.9 Å². The molecule has 0 aliphatic carbocycles. The predicted molar refractivity (Wildman–Crippen MR) is 51.7 cm³/mol. The first-order chi connectivity index (χ1) is 6.31. The maximum atomic E-state index is 4.46. The lowest BCUT2D eigenvalue weighted by atomic mass is 10.1. The third kappa shape index (κ3) is 1.41. The summed E-state index contributed by atoms with van der Waals surface area (Å²) in [6.45, 7) is 4.35. The molecule has 0 saturated carbocycles. The Morgan fingerprint density at radius 3 is 3.08 bits per heavy atom. The molecule has 1 unspecified atom stereocenters. The summed E-state index contributed by atoms with van der Waals surface area (Å²) in [4.78, 5) is 8.61. The van der Waals surface area contributed by atoms with Crippen LogP contribution < -0.4 is 0 Å². The molecule has 13 heavy (non-hydrogen) atoms. The van der Waals surface area contributed by atoms with Gasteiger partial charge in [0.05, 0.1) is 0 Å². The normalized spacial score (nSPS) is 13.4. The molecule has 0 fully saturated rings. The zero-order valence-corrected chi connectivity index (χ0v) is 7.94. The first-order valence-electron chi connectivity index (χ1n) is 4.61. The summed E-state index contributed by atoms with van der Waals surface area (Å²) in [6.07, 6.45) is 6.80. The van der Waals surface area contributed by atoms with E-state index in [1.165, 1.54) is 0 Å². The van der Waals surface area contributed by atoms with E-state index < -0.39 is 0 Å². The van der Waals surface area contributed by atoms with E-state index in [-0.39, 0.29) is 0 Å². The minimum Gasteiger partial charge on any atom is -0.291 e. The molecular weight excluding hydrogens is 162 g/mol. The van der Waals surface area contributed by atoms with Gasteiger partial charge in [0.1, 0.15) is 0 Å². The van der Waals surface area contributed by atoms with Crippen molar-refractivity contribution in [2.75, 3.05) is 0 Å². The molecule has 2 aromatic rings. The fourth-order valence-electron chi connectivity index (χ4n) is 1.30. The second-order valence-corrected chi connectivity index (χ2v) is 3.30. The molecule has 3 nitrogen and oxygen atoms in total. The van der Waals surface area contributed by atoms with Crippen molar-refractivity contribution >= 4 is 5.78 Å². The van der Waals surface area contributed by atoms with Crippen LogP contribution in [0.5, 0.6) is 0 Å². The van der Waals surface area contributed by atoms with Gasteiger partial charge in [0.2, 0.25) is 5.78 Å². The van der Waals surface area contributed by atoms with E-state index in [1.807, 2.05) is 16.8 Å². The molecule has 0 aromatic carbocycles. The molecule has 0 amide bonds. The Balaban J connectivity index is 2.48. The number of hydrogen-bond donors (Lipinski definition) is 0. The van der Waals surface area contributed by atoms with Gasteiger partial charge in [0.25, 0.3) is 0 Å². The number of fused-ring (bicyclic) bond motifs is 1. The van der Waals surface area contributed by atoms with Gasteiger partial charge in [0, 0.05) is 24.3 Å². The van der Waals surface area contributed by atoms with Crippen LogP contribution in [0.4, 0.5) is 0 Å². The highest BCUT2D eigenvalue weighted by molar-refractivity contribution is 5.29. The molecule has 2 aromatic heterocycles. The molecule has 0 aliphatic rings. The lowest BCUT2D eigenvalue weighted by Gasteiger charge is -2.06. The highest BCUT2D eigenvalue weighted by Gasteiger charge is 2.05. The minimum absolute atomic E-state index is 0.515. The van der Waals surface area contributed by atoms with Crippen molar-refractivity contribution in [3.63, 3.8) is 0 Å². The van der Waals surface area contributed by atoms with Crippen molar-refractivity contribution in [3.8, 4) is 0 Å². The van der Waals surface area contributed by atoms with Crippen molar-refractivity contribution in [3.05, 3.63) is 30.4 Å². The summed E-state index contributed by atoms with van der Waals surface area (Å²) in [6, 6.07) is 2.06. The van der Waals surface area contributed by atoms with E-state index in [1.54, 1.807) is 6.20 Å². The summed E-state index contributed by atoms with van der Waals surface area (Å²) >= 11 is 0. The summed E-state index contributed by atoms with van der Waals surface area (Å²) in [5.74, 6) is 1.31. The molecule has 0 N–H and O–H groups in total. The third-order valence-electron chi connectivity index (χ3n) is 2.40. The molecule has 0 bridgehead atoms. The largest absolute Gasteiger partial charge is 0.291 e. The predicted octanol–water partition coefficient (Wildman–Crippen LogP) is 2.24. The molecule has 3 heteroatoms. The zero-order valence-electron chi connectivity index (χ0n) is 7.94. The summed E-state index contributed by atoms with van der Waals surface area (Å²) in [7, 11) is 0. The van der Waals surface area contributed by atoms with Gasteiger partial charge in [0.15, 0.2) is 0 Å². The van der Waals surface area contributed by atoms with E-state index in [4.69, 9.17) is 0 Å². The fourth-order valence-corrected chi connectivity index (χ4v) is 1.30. The topological polar surface area (TPSA) is 30.2 Å². The van der Waals surface area contributed by atoms with Crippen LogP contribution in [0, 0.1) is 0 Å². The fraction of sp³-hybridized carbons (Fsp3) is 0.400. The molecule has 0 radical (unpaired) electrons. The van der Waals surface area contributed by atoms with Gasteiger partial charge in [-0.2, -0.15) is 0 Å². The number of rotatable bonds is 2. The van der Waals surface area contributed by atoms with Gasteiger partial charge in [-0.3, -0.25) is 4.40 Å². The van der Waals surface area contributed by atoms with Crippen molar-refractivity contribution in [2.24, 2.45) is 0 Å². The second kappa shape index (κ2) is 3.17. The molecule has 2 heterocycles. The first kappa shape index (κ1) is 8.23. The smallest absolute Gasteiger partial charge is 0.233 e. The third-order valence-corrected chi connectivity index (χ3v) is 2.40. The molecule has 68 valence electrons. The summed E-state index contributed by atoms with van der Waals surface area (Å²) in [5, 5.41) is 0. The maximum Gasteiger partial charge on any atom is 0.233 e. The highest BCUT2D eigenvalue weighted by atomic mass is 15.1. The van der Waals surface area contributed by atoms with Crippen molar-refractivity contribution in [1.29, 1.82) is 0 Å². The Bertz CT molecular complexity index is 405. The Kier molecular flexibility index (Phi) is 2.00. The monoisotopic (exact) mass is 175 g/mol. The molecule has 1 atom stereocenters. The highest BCUT2D eigenvalue weighted by Crippen LogP contribution is 2.15. The molecule has 0 saturated heterocycles. The molecular formula is C10H13N3. The van der Waals surface area contributed by atoms with Crippen LogP contribution in [0.25, 0.3) is 5.78 Å². The van der Waals surface area contributed by atoms with Crippen molar-refractivity contribution < 1.29 is 0 Å². The average Bonchev–Trinajstić information content (AvgIpc) is 2.63. The zero-order chi connectivity index (χ0) is 9.26. The van der Waals surface area contributed by atoms with Gasteiger partial charge in [-0.25, -0.2) is 9.97 Å². The number of nitrogens with zero attached hydrogens (tertiary/aromatic N) is 3. The quantitative estimate of drug-likeness (QED) is 0.700. The summed E-state index contributed by atoms with van der Waals surface area (Å²) < 4.78 is 1.92. The van der Waals surface area contributed by atoms with Crippen LogP contribution in [0.15, 0.2) is 24.7 Å². The Hall–Kier alpha value is -1.38. The maximum absolute atomic E-state index is 4.46. The van der Waals surface area contributed by atoms with Gasteiger partial charge >= 0.3 is 0 Å². The Morgan fingerprint density at radius 1 is 1.46 bits per heavy atom. The Labute approximate surface area is 77.4 Å². The average molecular weight is 175 g/mol. The van der Waals surface area contributed by atoms with E-state index >= 15 is 0 Å². The van der Waals surface area contributed by atoms with Crippen molar-refractivity contribution in [1.82, 2.24) is 14.4 Å². The number of aromatic nitrogens is 3. The second-order valence-electron chi connectivity index (χ2n) is 3.30. The van der Waals surface area contributed by atoms with E-state index in [0.29, 0.717) is 5.92 Å². The van der Waals surface area contributed by atoms with E-state index in [9.17, 15) is 0 Å². The molecule has 2 rings (SSSR count). The first-order valence-corrected chi connectivity index (χ1v) is 4.61. The molecule has 0 aliphatic heterocycles. The van der Waals surface area contributed by atoms with Crippen LogP contribution >= 0.6 is 0 Å². The number of imidazole rings is 1. The lowest BCUT2D eigenvalue weighted by molar-refractivity contribution is 0.706. The SMILES string of the molecule is CCC(C)c1ccn2ccnc2n1. The van der Waals surface area contributed by atoms with Crippen LogP contribution in [-0.2, 0) is 0 Å². The van der Waals surface area contributed by atoms with Crippen LogP contribution in [0.1, 0.15) is 31.9 Å². The van der Waals surface area contributed by atoms with Gasteiger partial charge < -0.3 is 0 Å². The van der Waals surface area contributed by atoms with Gasteiger partial charge in [-0.15, -0.1) is 0 Å². The lowest BCUT2D eigenvalue weighted by Crippen LogP contribution is -1.98. The number of hydrogen-bond acceptors (Lipinski definition) is 2. The minimum atomic E-state index is 0.515. The standard InChI is InChI=1S/C10H13N3/c1-3-8(2)9-4-6-13-7-5-11-10(13)12-9/h4-8H,3H2,1-2H3. The van der Waals surface area contributed by atoms with Crippen LogP contribution in [0.3, 0.4) is 0 Å². The summed E-state index contributed by atoms with van der Waals surface area (Å²) in [5.41, 5.74) is 1.13. The van der Waals surface area contributed by atoms with Crippen LogP contribution in [-0.4, -0.2) is 14.4 Å². The van der Waals surface area contributed by atoms with Crippen molar-refractivity contribution in [2.45, 2.75) is 26.2 Å². The van der Waals surface area contributed by atoms with Gasteiger partial charge in [-0.1, -0.05) is 13.8 Å². The van der Waals surface area contributed by atoms with Crippen LogP contribution in [0.2, 0.25) is 0 Å². The van der Waals surface area contributed by atoms with E-state index in [0.717, 1.165) is 17.9 Å². The van der Waals surface area contributed by atoms with Gasteiger partial charge in [-0.05, 0) is 18.4 Å². The Morgan fingerprint density at radius 2 is 2.31 bits per heavy atom.